The molecule has 10 heavy (non-hydrogen) atoms. The zero-order chi connectivity index (χ0) is 7.82. The lowest BCUT2D eigenvalue weighted by atomic mass is 10.3. The second kappa shape index (κ2) is 6.31. The normalized spacial score (nSPS) is 8.80. The Bertz CT molecular complexity index is 135. The van der Waals surface area contributed by atoms with E-state index >= 15 is 0 Å². The fraction of sp³-hybridized carbons (Fsp3) is 0.625. The SMILES string of the molecule is C=C(C)CCOCCC#N. The Morgan fingerprint density at radius 2 is 2.30 bits per heavy atom. The van der Waals surface area contributed by atoms with E-state index in [-0.39, 0.29) is 0 Å². The van der Waals surface area contributed by atoms with Crippen molar-refractivity contribution >= 4 is 0 Å². The minimum atomic E-state index is 0.482. The van der Waals surface area contributed by atoms with Gasteiger partial charge in [0.25, 0.3) is 0 Å². The van der Waals surface area contributed by atoms with E-state index in [1.54, 1.807) is 0 Å². The fourth-order valence-electron chi connectivity index (χ4n) is 0.466. The second-order valence-electron chi connectivity index (χ2n) is 2.23. The molecule has 56 valence electrons. The van der Waals surface area contributed by atoms with Crippen molar-refractivity contribution in [2.45, 2.75) is 19.8 Å². The van der Waals surface area contributed by atoms with Crippen molar-refractivity contribution < 1.29 is 4.74 Å². The molecule has 0 aliphatic carbocycles. The first-order chi connectivity index (χ1) is 4.77. The van der Waals surface area contributed by atoms with Crippen LogP contribution in [0.3, 0.4) is 0 Å². The van der Waals surface area contributed by atoms with Crippen LogP contribution in [0.4, 0.5) is 0 Å². The van der Waals surface area contributed by atoms with E-state index in [1.807, 2.05) is 13.0 Å². The highest BCUT2D eigenvalue weighted by atomic mass is 16.5. The molecule has 2 nitrogen and oxygen atoms in total. The number of ether oxygens (including phenoxy) is 1. The van der Waals surface area contributed by atoms with Crippen LogP contribution < -0.4 is 0 Å². The molecule has 0 amide bonds. The van der Waals surface area contributed by atoms with Gasteiger partial charge in [-0.2, -0.15) is 5.26 Å². The van der Waals surface area contributed by atoms with Gasteiger partial charge in [-0.3, -0.25) is 0 Å². The average molecular weight is 139 g/mol. The highest BCUT2D eigenvalue weighted by Gasteiger charge is 1.87. The quantitative estimate of drug-likeness (QED) is 0.430. The maximum atomic E-state index is 8.13. The maximum absolute atomic E-state index is 8.13. The molecule has 0 spiro atoms. The van der Waals surface area contributed by atoms with E-state index in [1.165, 1.54) is 0 Å². The monoisotopic (exact) mass is 139 g/mol. The summed E-state index contributed by atoms with van der Waals surface area (Å²) in [6.07, 6.45) is 1.38. The third-order valence-corrected chi connectivity index (χ3v) is 1.03. The molecule has 0 atom stereocenters. The standard InChI is InChI=1S/C8H13NO/c1-8(2)4-7-10-6-3-5-9/h1,3-4,6-7H2,2H3. The summed E-state index contributed by atoms with van der Waals surface area (Å²) in [5, 5.41) is 8.13. The summed E-state index contributed by atoms with van der Waals surface area (Å²) in [5.41, 5.74) is 1.12. The lowest BCUT2D eigenvalue weighted by Crippen LogP contribution is -1.95. The molecule has 0 aromatic rings. The van der Waals surface area contributed by atoms with Crippen molar-refractivity contribution in [2.24, 2.45) is 0 Å². The predicted octanol–water partition coefficient (Wildman–Crippen LogP) is 1.88. The molecule has 0 bridgehead atoms. The molecule has 0 radical (unpaired) electrons. The summed E-state index contributed by atoms with van der Waals surface area (Å²) >= 11 is 0. The Balaban J connectivity index is 2.92. The van der Waals surface area contributed by atoms with Crippen LogP contribution in [-0.2, 0) is 4.74 Å². The largest absolute Gasteiger partial charge is 0.380 e. The molecule has 0 aromatic carbocycles. The van der Waals surface area contributed by atoms with Gasteiger partial charge in [-0.25, -0.2) is 0 Å². The Kier molecular flexibility index (Phi) is 5.80. The highest BCUT2D eigenvalue weighted by Crippen LogP contribution is 1.94. The van der Waals surface area contributed by atoms with Crippen LogP contribution in [0.5, 0.6) is 0 Å². The first-order valence-electron chi connectivity index (χ1n) is 3.36. The molecule has 2 heteroatoms. The van der Waals surface area contributed by atoms with Crippen molar-refractivity contribution in [3.8, 4) is 6.07 Å². The lowest BCUT2D eigenvalue weighted by molar-refractivity contribution is 0.143. The van der Waals surface area contributed by atoms with Gasteiger partial charge in [0.2, 0.25) is 0 Å². The molecule has 0 heterocycles. The number of hydrogen-bond acceptors (Lipinski definition) is 2. The summed E-state index contributed by atoms with van der Waals surface area (Å²) in [6, 6.07) is 2.01. The summed E-state index contributed by atoms with van der Waals surface area (Å²) < 4.78 is 5.10. The topological polar surface area (TPSA) is 33.0 Å². The van der Waals surface area contributed by atoms with E-state index in [2.05, 4.69) is 6.58 Å². The van der Waals surface area contributed by atoms with Crippen molar-refractivity contribution in [2.75, 3.05) is 13.2 Å². The van der Waals surface area contributed by atoms with Crippen LogP contribution in [0.15, 0.2) is 12.2 Å². The molecule has 0 saturated carbocycles. The van der Waals surface area contributed by atoms with Crippen LogP contribution in [0.1, 0.15) is 19.8 Å². The van der Waals surface area contributed by atoms with Gasteiger partial charge in [0.05, 0.1) is 25.7 Å². The zero-order valence-electron chi connectivity index (χ0n) is 6.39. The number of nitrogens with zero attached hydrogens (tertiary/aromatic N) is 1. The van der Waals surface area contributed by atoms with E-state index < -0.39 is 0 Å². The first-order valence-corrected chi connectivity index (χ1v) is 3.36. The minimum Gasteiger partial charge on any atom is -0.380 e. The smallest absolute Gasteiger partial charge is 0.0645 e. The summed E-state index contributed by atoms with van der Waals surface area (Å²) in [6.45, 7) is 6.93. The molecular formula is C8H13NO. The van der Waals surface area contributed by atoms with Crippen molar-refractivity contribution in [3.05, 3.63) is 12.2 Å². The van der Waals surface area contributed by atoms with Gasteiger partial charge in [-0.15, -0.1) is 6.58 Å². The molecular weight excluding hydrogens is 126 g/mol. The molecule has 0 saturated heterocycles. The number of rotatable bonds is 5. The van der Waals surface area contributed by atoms with Crippen molar-refractivity contribution in [3.63, 3.8) is 0 Å². The number of nitriles is 1. The molecule has 0 N–H and O–H groups in total. The van der Waals surface area contributed by atoms with Gasteiger partial charge < -0.3 is 4.74 Å². The Labute approximate surface area is 62.1 Å². The van der Waals surface area contributed by atoms with E-state index in [9.17, 15) is 0 Å². The van der Waals surface area contributed by atoms with E-state index in [0.29, 0.717) is 19.6 Å². The fourth-order valence-corrected chi connectivity index (χ4v) is 0.466. The van der Waals surface area contributed by atoms with Gasteiger partial charge in [-0.05, 0) is 13.3 Å². The minimum absolute atomic E-state index is 0.482. The molecule has 0 aliphatic rings. The van der Waals surface area contributed by atoms with Crippen LogP contribution in [0.25, 0.3) is 0 Å². The van der Waals surface area contributed by atoms with Gasteiger partial charge in [0.1, 0.15) is 0 Å². The van der Waals surface area contributed by atoms with Crippen LogP contribution in [0, 0.1) is 11.3 Å². The Morgan fingerprint density at radius 3 is 2.80 bits per heavy atom. The third kappa shape index (κ3) is 7.19. The van der Waals surface area contributed by atoms with Crippen molar-refractivity contribution in [1.82, 2.24) is 0 Å². The van der Waals surface area contributed by atoms with Crippen molar-refractivity contribution in [1.29, 1.82) is 5.26 Å². The second-order valence-corrected chi connectivity index (χ2v) is 2.23. The Morgan fingerprint density at radius 1 is 1.60 bits per heavy atom. The Hall–Kier alpha value is -0.810. The highest BCUT2D eigenvalue weighted by molar-refractivity contribution is 4.87. The first kappa shape index (κ1) is 9.19. The van der Waals surface area contributed by atoms with Crippen LogP contribution in [-0.4, -0.2) is 13.2 Å². The molecule has 0 aromatic heterocycles. The third-order valence-electron chi connectivity index (χ3n) is 1.03. The molecule has 0 fully saturated rings. The van der Waals surface area contributed by atoms with Gasteiger partial charge in [0, 0.05) is 0 Å². The number of hydrogen-bond donors (Lipinski definition) is 0. The maximum Gasteiger partial charge on any atom is 0.0645 e. The van der Waals surface area contributed by atoms with Gasteiger partial charge >= 0.3 is 0 Å². The molecule has 0 unspecified atom stereocenters. The van der Waals surface area contributed by atoms with Gasteiger partial charge in [0.15, 0.2) is 0 Å². The molecule has 0 rings (SSSR count). The summed E-state index contributed by atoms with van der Waals surface area (Å²) in [4.78, 5) is 0. The predicted molar refractivity (Wildman–Crippen MR) is 40.5 cm³/mol. The molecule has 0 aliphatic heterocycles. The lowest BCUT2D eigenvalue weighted by Gasteiger charge is -1.99. The zero-order valence-corrected chi connectivity index (χ0v) is 6.39. The van der Waals surface area contributed by atoms with E-state index in [4.69, 9.17) is 10.00 Å². The van der Waals surface area contributed by atoms with E-state index in [0.717, 1.165) is 12.0 Å². The van der Waals surface area contributed by atoms with Gasteiger partial charge in [-0.1, -0.05) is 5.57 Å². The average Bonchev–Trinajstić information content (AvgIpc) is 1.87. The summed E-state index contributed by atoms with van der Waals surface area (Å²) in [5.74, 6) is 0. The van der Waals surface area contributed by atoms with Crippen LogP contribution in [0.2, 0.25) is 0 Å². The van der Waals surface area contributed by atoms with Crippen LogP contribution >= 0.6 is 0 Å². The summed E-state index contributed by atoms with van der Waals surface area (Å²) in [7, 11) is 0.